The van der Waals surface area contributed by atoms with Crippen molar-refractivity contribution in [2.24, 2.45) is 0 Å². The number of halogens is 1. The summed E-state index contributed by atoms with van der Waals surface area (Å²) in [5, 5.41) is 2.83. The highest BCUT2D eigenvalue weighted by molar-refractivity contribution is 14.1. The van der Waals surface area contributed by atoms with Gasteiger partial charge in [-0.05, 0) is 67.6 Å². The zero-order chi connectivity index (χ0) is 22.5. The first kappa shape index (κ1) is 23.7. The molecule has 0 radical (unpaired) electrons. The maximum absolute atomic E-state index is 12.3. The Bertz CT molecular complexity index is 941. The molecule has 3 rings (SSSR count). The van der Waals surface area contributed by atoms with Crippen LogP contribution in [0, 0.1) is 10.5 Å². The minimum absolute atomic E-state index is 0.122. The van der Waals surface area contributed by atoms with E-state index in [0.29, 0.717) is 11.5 Å². The molecule has 0 aliphatic carbocycles. The van der Waals surface area contributed by atoms with Crippen molar-refractivity contribution < 1.29 is 19.0 Å². The van der Waals surface area contributed by atoms with Crippen LogP contribution >= 0.6 is 34.8 Å². The molecule has 2 aromatic carbocycles. The predicted octanol–water partition coefficient (Wildman–Crippen LogP) is 4.41. The summed E-state index contributed by atoms with van der Waals surface area (Å²) in [5.41, 5.74) is 2.75. The number of nitrogens with zero attached hydrogens (tertiary/aromatic N) is 1. The average molecular weight is 554 g/mol. The molecule has 0 bridgehead atoms. The van der Waals surface area contributed by atoms with Crippen molar-refractivity contribution >= 4 is 51.4 Å². The molecule has 0 aromatic heterocycles. The van der Waals surface area contributed by atoms with Crippen molar-refractivity contribution in [2.45, 2.75) is 33.0 Å². The predicted molar refractivity (Wildman–Crippen MR) is 134 cm³/mol. The van der Waals surface area contributed by atoms with Gasteiger partial charge in [0.25, 0.3) is 5.91 Å². The second kappa shape index (κ2) is 10.6. The summed E-state index contributed by atoms with van der Waals surface area (Å²) in [6, 6.07) is 11.4. The summed E-state index contributed by atoms with van der Waals surface area (Å²) in [4.78, 5) is 15.2. The fourth-order valence-corrected chi connectivity index (χ4v) is 4.51. The minimum atomic E-state index is -0.238. The first-order chi connectivity index (χ1) is 14.8. The number of aryl methyl sites for hydroxylation is 1. The molecule has 1 aliphatic heterocycles. The zero-order valence-electron chi connectivity index (χ0n) is 18.1. The fourth-order valence-electron chi connectivity index (χ4n) is 3.48. The number of rotatable bonds is 6. The van der Waals surface area contributed by atoms with Gasteiger partial charge in [0.1, 0.15) is 4.99 Å². The van der Waals surface area contributed by atoms with Gasteiger partial charge in [0, 0.05) is 24.3 Å². The van der Waals surface area contributed by atoms with Gasteiger partial charge in [-0.15, -0.1) is 0 Å². The summed E-state index contributed by atoms with van der Waals surface area (Å²) in [5.74, 6) is 0.830. The maximum Gasteiger partial charge on any atom is 0.262 e. The number of carbonyl (C=O) groups excluding carboxylic acids is 1. The van der Waals surface area contributed by atoms with Crippen LogP contribution in [0.25, 0.3) is 0 Å². The maximum atomic E-state index is 12.3. The van der Waals surface area contributed by atoms with E-state index in [1.807, 2.05) is 57.2 Å². The molecule has 1 amide bonds. The SMILES string of the molecule is COc1cc(C(=S)N2C[C@@H](C)O[C@@H](C)C2)cc(I)c1OCC(=O)Nc1ccc(C)cc1. The Kier molecular flexibility index (Phi) is 8.12. The number of ether oxygens (including phenoxy) is 3. The van der Waals surface area contributed by atoms with Crippen LogP contribution in [0.1, 0.15) is 25.0 Å². The molecule has 1 aliphatic rings. The lowest BCUT2D eigenvalue weighted by Crippen LogP contribution is -2.47. The fraction of sp³-hybridized carbons (Fsp3) is 0.391. The van der Waals surface area contributed by atoms with Crippen molar-refractivity contribution in [3.05, 3.63) is 51.1 Å². The Morgan fingerprint density at radius 3 is 2.48 bits per heavy atom. The van der Waals surface area contributed by atoms with E-state index in [0.717, 1.165) is 38.5 Å². The normalized spacial score (nSPS) is 18.4. The quantitative estimate of drug-likeness (QED) is 0.422. The van der Waals surface area contributed by atoms with E-state index in [1.54, 1.807) is 7.11 Å². The van der Waals surface area contributed by atoms with Crippen LogP contribution in [0.3, 0.4) is 0 Å². The lowest BCUT2D eigenvalue weighted by molar-refractivity contribution is -0.118. The first-order valence-electron chi connectivity index (χ1n) is 10.1. The molecule has 0 unspecified atom stereocenters. The van der Waals surface area contributed by atoms with Gasteiger partial charge in [-0.3, -0.25) is 4.79 Å². The van der Waals surface area contributed by atoms with Gasteiger partial charge in [0.2, 0.25) is 0 Å². The number of thiocarbonyl (C=S) groups is 1. The highest BCUT2D eigenvalue weighted by Gasteiger charge is 2.25. The van der Waals surface area contributed by atoms with Crippen LogP contribution in [0.2, 0.25) is 0 Å². The molecule has 6 nitrogen and oxygen atoms in total. The van der Waals surface area contributed by atoms with Gasteiger partial charge in [-0.25, -0.2) is 0 Å². The highest BCUT2D eigenvalue weighted by atomic mass is 127. The number of morpholine rings is 1. The molecule has 0 saturated carbocycles. The number of nitrogens with one attached hydrogen (secondary N) is 1. The monoisotopic (exact) mass is 554 g/mol. The van der Waals surface area contributed by atoms with Crippen LogP contribution in [0.5, 0.6) is 11.5 Å². The Labute approximate surface area is 202 Å². The number of anilines is 1. The number of benzene rings is 2. The molecule has 1 fully saturated rings. The minimum Gasteiger partial charge on any atom is -0.493 e. The average Bonchev–Trinajstić information content (AvgIpc) is 2.72. The molecule has 1 heterocycles. The van der Waals surface area contributed by atoms with E-state index in [4.69, 9.17) is 26.4 Å². The smallest absolute Gasteiger partial charge is 0.262 e. The Hall–Kier alpha value is -1.91. The lowest BCUT2D eigenvalue weighted by Gasteiger charge is -2.37. The van der Waals surface area contributed by atoms with E-state index in [2.05, 4.69) is 32.8 Å². The molecular formula is C23H27IN2O4S. The van der Waals surface area contributed by atoms with Crippen LogP contribution in [-0.4, -0.2) is 54.8 Å². The Morgan fingerprint density at radius 2 is 1.87 bits per heavy atom. The molecule has 2 atom stereocenters. The van der Waals surface area contributed by atoms with E-state index >= 15 is 0 Å². The van der Waals surface area contributed by atoms with Crippen LogP contribution in [0.4, 0.5) is 5.69 Å². The summed E-state index contributed by atoms with van der Waals surface area (Å²) in [7, 11) is 1.58. The number of amides is 1. The van der Waals surface area contributed by atoms with Crippen molar-refractivity contribution in [3.8, 4) is 11.5 Å². The zero-order valence-corrected chi connectivity index (χ0v) is 21.1. The number of hydrogen-bond acceptors (Lipinski definition) is 5. The molecule has 2 aromatic rings. The van der Waals surface area contributed by atoms with Gasteiger partial charge in [-0.2, -0.15) is 0 Å². The second-order valence-electron chi connectivity index (χ2n) is 7.66. The highest BCUT2D eigenvalue weighted by Crippen LogP contribution is 2.34. The van der Waals surface area contributed by atoms with Crippen LogP contribution < -0.4 is 14.8 Å². The standard InChI is InChI=1S/C23H27IN2O4S/c1-14-5-7-18(8-6-14)25-21(27)13-29-22-19(24)9-17(10-20(22)28-4)23(31)26-11-15(2)30-16(3)12-26/h5-10,15-16H,11-13H2,1-4H3,(H,25,27)/t15-,16+. The molecule has 1 saturated heterocycles. The summed E-state index contributed by atoms with van der Waals surface area (Å²) >= 11 is 7.93. The van der Waals surface area contributed by atoms with E-state index < -0.39 is 0 Å². The Balaban J connectivity index is 1.69. The van der Waals surface area contributed by atoms with Crippen molar-refractivity contribution in [1.29, 1.82) is 0 Å². The largest absolute Gasteiger partial charge is 0.493 e. The third kappa shape index (κ3) is 6.30. The molecule has 0 spiro atoms. The van der Waals surface area contributed by atoms with Gasteiger partial charge in [-0.1, -0.05) is 29.9 Å². The topological polar surface area (TPSA) is 60.0 Å². The van der Waals surface area contributed by atoms with E-state index in [1.165, 1.54) is 0 Å². The lowest BCUT2D eigenvalue weighted by atomic mass is 10.1. The van der Waals surface area contributed by atoms with Gasteiger partial charge < -0.3 is 24.4 Å². The third-order valence-corrected chi connectivity index (χ3v) is 6.16. The molecule has 166 valence electrons. The summed E-state index contributed by atoms with van der Waals surface area (Å²) in [6.45, 7) is 7.47. The number of carbonyl (C=O) groups is 1. The van der Waals surface area contributed by atoms with Gasteiger partial charge >= 0.3 is 0 Å². The van der Waals surface area contributed by atoms with E-state index in [-0.39, 0.29) is 24.7 Å². The van der Waals surface area contributed by atoms with Gasteiger partial charge in [0.05, 0.1) is 22.9 Å². The molecule has 8 heteroatoms. The second-order valence-corrected chi connectivity index (χ2v) is 9.21. The first-order valence-corrected chi connectivity index (χ1v) is 11.6. The van der Waals surface area contributed by atoms with Crippen LogP contribution in [-0.2, 0) is 9.53 Å². The third-order valence-electron chi connectivity index (χ3n) is 4.87. The number of methoxy groups -OCH3 is 1. The van der Waals surface area contributed by atoms with Crippen LogP contribution in [0.15, 0.2) is 36.4 Å². The van der Waals surface area contributed by atoms with E-state index in [9.17, 15) is 4.79 Å². The van der Waals surface area contributed by atoms with Gasteiger partial charge in [0.15, 0.2) is 18.1 Å². The molecule has 31 heavy (non-hydrogen) atoms. The Morgan fingerprint density at radius 1 is 1.23 bits per heavy atom. The molecule has 1 N–H and O–H groups in total. The van der Waals surface area contributed by atoms with Crippen molar-refractivity contribution in [3.63, 3.8) is 0 Å². The summed E-state index contributed by atoms with van der Waals surface area (Å²) < 4.78 is 18.0. The number of hydrogen-bond donors (Lipinski definition) is 1. The van der Waals surface area contributed by atoms with Crippen molar-refractivity contribution in [2.75, 3.05) is 32.1 Å². The summed E-state index contributed by atoms with van der Waals surface area (Å²) in [6.07, 6.45) is 0.245. The van der Waals surface area contributed by atoms with Crippen molar-refractivity contribution in [1.82, 2.24) is 4.90 Å². The molecular weight excluding hydrogens is 527 g/mol.